The summed E-state index contributed by atoms with van der Waals surface area (Å²) in [5, 5.41) is 12.0. The Morgan fingerprint density at radius 2 is 2.21 bits per heavy atom. The molecule has 19 heavy (non-hydrogen) atoms. The molecule has 0 spiro atoms. The van der Waals surface area contributed by atoms with E-state index in [0.29, 0.717) is 12.1 Å². The average Bonchev–Trinajstić information content (AvgIpc) is 2.45. The molecule has 4 heteroatoms. The van der Waals surface area contributed by atoms with E-state index in [4.69, 9.17) is 5.26 Å². The number of benzene rings is 1. The summed E-state index contributed by atoms with van der Waals surface area (Å²) >= 11 is 0. The molecule has 0 amide bonds. The van der Waals surface area contributed by atoms with E-state index in [2.05, 4.69) is 10.3 Å². The molecule has 1 aromatic carbocycles. The summed E-state index contributed by atoms with van der Waals surface area (Å²) in [7, 11) is 0. The van der Waals surface area contributed by atoms with Crippen molar-refractivity contribution in [3.05, 3.63) is 65.2 Å². The van der Waals surface area contributed by atoms with Crippen molar-refractivity contribution in [2.75, 3.05) is 0 Å². The lowest BCUT2D eigenvalue weighted by Gasteiger charge is -2.13. The second-order valence-corrected chi connectivity index (χ2v) is 4.32. The molecule has 0 unspecified atom stereocenters. The molecule has 1 N–H and O–H groups in total. The van der Waals surface area contributed by atoms with Crippen LogP contribution in [0.1, 0.15) is 29.8 Å². The highest BCUT2D eigenvalue weighted by Crippen LogP contribution is 2.12. The maximum absolute atomic E-state index is 13.3. The zero-order chi connectivity index (χ0) is 13.7. The molecule has 0 fully saturated rings. The Balaban J connectivity index is 2.03. The molecule has 0 saturated heterocycles. The number of rotatable bonds is 4. The Bertz CT molecular complexity index is 590. The molecule has 1 heterocycles. The predicted octanol–water partition coefficient (Wildman–Crippen LogP) is 2.94. The fraction of sp³-hybridized carbons (Fsp3) is 0.200. The minimum atomic E-state index is -0.388. The monoisotopic (exact) mass is 255 g/mol. The standard InChI is InChI=1S/C15H14FN3/c1-11(15-4-2-3-5-18-15)19-10-13-6-12(9-17)7-14(16)8-13/h2-8,11,19H,10H2,1H3/t11-/m1/s1. The first-order valence-electron chi connectivity index (χ1n) is 6.03. The quantitative estimate of drug-likeness (QED) is 0.913. The summed E-state index contributed by atoms with van der Waals surface area (Å²) in [5.41, 5.74) is 2.01. The lowest BCUT2D eigenvalue weighted by atomic mass is 10.1. The van der Waals surface area contributed by atoms with E-state index in [-0.39, 0.29) is 11.9 Å². The van der Waals surface area contributed by atoms with Crippen molar-refractivity contribution < 1.29 is 4.39 Å². The summed E-state index contributed by atoms with van der Waals surface area (Å²) in [4.78, 5) is 4.25. The first-order valence-corrected chi connectivity index (χ1v) is 6.03. The molecular weight excluding hydrogens is 241 g/mol. The Labute approximate surface area is 111 Å². The molecule has 2 aromatic rings. The van der Waals surface area contributed by atoms with Crippen LogP contribution in [-0.2, 0) is 6.54 Å². The van der Waals surface area contributed by atoms with Gasteiger partial charge in [0.05, 0.1) is 17.3 Å². The van der Waals surface area contributed by atoms with Crippen LogP contribution in [0.3, 0.4) is 0 Å². The minimum Gasteiger partial charge on any atom is -0.305 e. The largest absolute Gasteiger partial charge is 0.305 e. The first kappa shape index (κ1) is 13.2. The Hall–Kier alpha value is -2.25. The van der Waals surface area contributed by atoms with Gasteiger partial charge in [-0.2, -0.15) is 5.26 Å². The maximum Gasteiger partial charge on any atom is 0.124 e. The van der Waals surface area contributed by atoms with Gasteiger partial charge in [0.15, 0.2) is 0 Å². The van der Waals surface area contributed by atoms with Crippen LogP contribution in [0.5, 0.6) is 0 Å². The molecule has 0 aliphatic carbocycles. The molecule has 0 bridgehead atoms. The maximum atomic E-state index is 13.3. The lowest BCUT2D eigenvalue weighted by molar-refractivity contribution is 0.557. The Morgan fingerprint density at radius 3 is 2.89 bits per heavy atom. The molecule has 0 radical (unpaired) electrons. The highest BCUT2D eigenvalue weighted by molar-refractivity contribution is 5.33. The number of hydrogen-bond acceptors (Lipinski definition) is 3. The van der Waals surface area contributed by atoms with Crippen LogP contribution in [0.4, 0.5) is 4.39 Å². The van der Waals surface area contributed by atoms with Crippen LogP contribution in [-0.4, -0.2) is 4.98 Å². The van der Waals surface area contributed by atoms with Gasteiger partial charge < -0.3 is 5.32 Å². The van der Waals surface area contributed by atoms with Crippen molar-refractivity contribution in [3.63, 3.8) is 0 Å². The molecule has 3 nitrogen and oxygen atoms in total. The van der Waals surface area contributed by atoms with Gasteiger partial charge in [-0.1, -0.05) is 6.07 Å². The van der Waals surface area contributed by atoms with Crippen LogP contribution >= 0.6 is 0 Å². The van der Waals surface area contributed by atoms with E-state index in [9.17, 15) is 4.39 Å². The molecule has 96 valence electrons. The van der Waals surface area contributed by atoms with Gasteiger partial charge in [0.25, 0.3) is 0 Å². The highest BCUT2D eigenvalue weighted by Gasteiger charge is 2.06. The number of halogens is 1. The fourth-order valence-corrected chi connectivity index (χ4v) is 1.82. The molecule has 2 rings (SSSR count). The van der Waals surface area contributed by atoms with Crippen molar-refractivity contribution in [3.8, 4) is 6.07 Å². The number of nitrogens with zero attached hydrogens (tertiary/aromatic N) is 2. The van der Waals surface area contributed by atoms with Crippen LogP contribution in [0.2, 0.25) is 0 Å². The summed E-state index contributed by atoms with van der Waals surface area (Å²) in [6.45, 7) is 2.48. The fourth-order valence-electron chi connectivity index (χ4n) is 1.82. The normalized spacial score (nSPS) is 11.8. The first-order chi connectivity index (χ1) is 9.19. The molecule has 1 aromatic heterocycles. The average molecular weight is 255 g/mol. The van der Waals surface area contributed by atoms with Crippen molar-refractivity contribution in [1.29, 1.82) is 5.26 Å². The van der Waals surface area contributed by atoms with E-state index in [1.165, 1.54) is 12.1 Å². The number of hydrogen-bond donors (Lipinski definition) is 1. The highest BCUT2D eigenvalue weighted by atomic mass is 19.1. The predicted molar refractivity (Wildman–Crippen MR) is 70.6 cm³/mol. The summed E-state index contributed by atoms with van der Waals surface area (Å²) in [5.74, 6) is -0.388. The zero-order valence-corrected chi connectivity index (χ0v) is 10.6. The van der Waals surface area contributed by atoms with Gasteiger partial charge in [-0.15, -0.1) is 0 Å². The van der Waals surface area contributed by atoms with Gasteiger partial charge in [0.1, 0.15) is 5.82 Å². The second kappa shape index (κ2) is 6.07. The smallest absolute Gasteiger partial charge is 0.124 e. The lowest BCUT2D eigenvalue weighted by Crippen LogP contribution is -2.19. The minimum absolute atomic E-state index is 0.0648. The van der Waals surface area contributed by atoms with Gasteiger partial charge in [-0.05, 0) is 42.8 Å². The SMILES string of the molecule is C[C@@H](NCc1cc(F)cc(C#N)c1)c1ccccn1. The number of aromatic nitrogens is 1. The van der Waals surface area contributed by atoms with Gasteiger partial charge in [-0.3, -0.25) is 4.98 Å². The van der Waals surface area contributed by atoms with E-state index in [0.717, 1.165) is 11.3 Å². The van der Waals surface area contributed by atoms with E-state index in [1.54, 1.807) is 12.3 Å². The molecular formula is C15H14FN3. The molecule has 0 aliphatic heterocycles. The van der Waals surface area contributed by atoms with Gasteiger partial charge in [0.2, 0.25) is 0 Å². The topological polar surface area (TPSA) is 48.7 Å². The third kappa shape index (κ3) is 3.60. The van der Waals surface area contributed by atoms with E-state index in [1.807, 2.05) is 31.2 Å². The summed E-state index contributed by atoms with van der Waals surface area (Å²) in [6.07, 6.45) is 1.74. The van der Waals surface area contributed by atoms with Crippen LogP contribution in [0.15, 0.2) is 42.6 Å². The third-order valence-electron chi connectivity index (χ3n) is 2.83. The third-order valence-corrected chi connectivity index (χ3v) is 2.83. The molecule has 0 aliphatic rings. The number of pyridine rings is 1. The number of nitriles is 1. The van der Waals surface area contributed by atoms with Gasteiger partial charge in [-0.25, -0.2) is 4.39 Å². The van der Waals surface area contributed by atoms with E-state index < -0.39 is 0 Å². The van der Waals surface area contributed by atoms with E-state index >= 15 is 0 Å². The van der Waals surface area contributed by atoms with Crippen LogP contribution < -0.4 is 5.32 Å². The van der Waals surface area contributed by atoms with Crippen LogP contribution in [0.25, 0.3) is 0 Å². The Kier molecular flexibility index (Phi) is 4.22. The van der Waals surface area contributed by atoms with Crippen LogP contribution in [0, 0.1) is 17.1 Å². The molecule has 1 atom stereocenters. The summed E-state index contributed by atoms with van der Waals surface area (Å²) in [6, 6.07) is 12.1. The second-order valence-electron chi connectivity index (χ2n) is 4.32. The van der Waals surface area contributed by atoms with Crippen molar-refractivity contribution in [2.45, 2.75) is 19.5 Å². The number of nitrogens with one attached hydrogen (secondary N) is 1. The summed E-state index contributed by atoms with van der Waals surface area (Å²) < 4.78 is 13.3. The van der Waals surface area contributed by atoms with Gasteiger partial charge in [0, 0.05) is 18.8 Å². The van der Waals surface area contributed by atoms with Crippen molar-refractivity contribution >= 4 is 0 Å². The van der Waals surface area contributed by atoms with Crippen molar-refractivity contribution in [2.24, 2.45) is 0 Å². The molecule has 0 saturated carbocycles. The van der Waals surface area contributed by atoms with Crippen molar-refractivity contribution in [1.82, 2.24) is 10.3 Å². The Morgan fingerprint density at radius 1 is 1.37 bits per heavy atom. The zero-order valence-electron chi connectivity index (χ0n) is 10.6. The van der Waals surface area contributed by atoms with Gasteiger partial charge >= 0.3 is 0 Å².